The van der Waals surface area contributed by atoms with Gasteiger partial charge in [-0.05, 0) is 85.9 Å². The minimum atomic E-state index is -0.229. The number of hydrogen-bond donors (Lipinski definition) is 0. The van der Waals surface area contributed by atoms with Crippen molar-refractivity contribution in [1.82, 2.24) is 14.7 Å². The van der Waals surface area contributed by atoms with Crippen LogP contribution >= 0.6 is 0 Å². The topological polar surface area (TPSA) is 13.0 Å². The summed E-state index contributed by atoms with van der Waals surface area (Å²) in [7, 11) is 0. The van der Waals surface area contributed by atoms with E-state index in [0.717, 1.165) is 75.7 Å². The Bertz CT molecular complexity index is 1190. The number of nitrogens with zero attached hydrogens (tertiary/aromatic N) is 4. The number of piperazine rings is 1. The first kappa shape index (κ1) is 25.5. The van der Waals surface area contributed by atoms with Crippen LogP contribution in [0, 0.1) is 11.6 Å². The summed E-state index contributed by atoms with van der Waals surface area (Å²) in [4.78, 5) is 10.1. The molecule has 2 fully saturated rings. The molecule has 3 aromatic carbocycles. The summed E-state index contributed by atoms with van der Waals surface area (Å²) < 4.78 is 27.9. The van der Waals surface area contributed by atoms with E-state index >= 15 is 0 Å². The fourth-order valence-electron chi connectivity index (χ4n) is 6.66. The van der Waals surface area contributed by atoms with E-state index < -0.39 is 0 Å². The average Bonchev–Trinajstić information content (AvgIpc) is 3.26. The van der Waals surface area contributed by atoms with Crippen LogP contribution in [-0.2, 0) is 6.54 Å². The van der Waals surface area contributed by atoms with E-state index in [9.17, 15) is 8.78 Å². The van der Waals surface area contributed by atoms with Crippen molar-refractivity contribution in [2.75, 3.05) is 57.3 Å². The predicted octanol–water partition coefficient (Wildman–Crippen LogP) is 5.87. The first-order chi connectivity index (χ1) is 18.6. The minimum absolute atomic E-state index is 0.176. The van der Waals surface area contributed by atoms with Crippen LogP contribution in [0.1, 0.15) is 36.3 Å². The van der Waals surface area contributed by atoms with Crippen LogP contribution in [0.3, 0.4) is 0 Å². The molecule has 3 aliphatic heterocycles. The molecule has 0 radical (unpaired) electrons. The van der Waals surface area contributed by atoms with E-state index in [2.05, 4.69) is 49.9 Å². The molecule has 38 heavy (non-hydrogen) atoms. The van der Waals surface area contributed by atoms with Gasteiger partial charge in [-0.15, -0.1) is 0 Å². The maximum Gasteiger partial charge on any atom is 0.123 e. The van der Waals surface area contributed by atoms with Crippen molar-refractivity contribution in [2.45, 2.75) is 37.8 Å². The zero-order valence-corrected chi connectivity index (χ0v) is 22.1. The Morgan fingerprint density at radius 2 is 1.37 bits per heavy atom. The number of halogens is 2. The van der Waals surface area contributed by atoms with E-state index in [4.69, 9.17) is 0 Å². The maximum absolute atomic E-state index is 14.3. The van der Waals surface area contributed by atoms with E-state index in [0.29, 0.717) is 6.04 Å². The van der Waals surface area contributed by atoms with Crippen LogP contribution in [0.4, 0.5) is 20.2 Å². The van der Waals surface area contributed by atoms with Gasteiger partial charge in [0.25, 0.3) is 0 Å². The third-order valence-electron chi connectivity index (χ3n) is 8.66. The van der Waals surface area contributed by atoms with Crippen LogP contribution in [0.2, 0.25) is 0 Å². The second-order valence-corrected chi connectivity index (χ2v) is 11.1. The molecule has 0 aromatic heterocycles. The van der Waals surface area contributed by atoms with Gasteiger partial charge in [0.15, 0.2) is 0 Å². The van der Waals surface area contributed by atoms with E-state index in [1.54, 1.807) is 12.1 Å². The summed E-state index contributed by atoms with van der Waals surface area (Å²) in [6.07, 6.45) is 3.44. The molecule has 6 rings (SSSR count). The summed E-state index contributed by atoms with van der Waals surface area (Å²) in [5.41, 5.74) is 4.56. The van der Waals surface area contributed by atoms with Gasteiger partial charge in [-0.2, -0.15) is 0 Å². The van der Waals surface area contributed by atoms with Crippen molar-refractivity contribution in [3.05, 3.63) is 95.6 Å². The van der Waals surface area contributed by atoms with Gasteiger partial charge in [-0.3, -0.25) is 4.90 Å². The number of unbranched alkanes of at least 4 members (excludes halogenated alkanes) is 1. The monoisotopic (exact) mass is 516 g/mol. The van der Waals surface area contributed by atoms with Gasteiger partial charge < -0.3 is 14.7 Å². The zero-order chi connectivity index (χ0) is 25.9. The summed E-state index contributed by atoms with van der Waals surface area (Å²) in [5, 5.41) is 0. The van der Waals surface area contributed by atoms with Crippen molar-refractivity contribution in [1.29, 1.82) is 0 Å². The van der Waals surface area contributed by atoms with Gasteiger partial charge >= 0.3 is 0 Å². The van der Waals surface area contributed by atoms with Gasteiger partial charge in [0.2, 0.25) is 0 Å². The molecule has 0 spiro atoms. The van der Waals surface area contributed by atoms with Crippen molar-refractivity contribution in [3.8, 4) is 0 Å². The third kappa shape index (κ3) is 5.63. The number of anilines is 2. The van der Waals surface area contributed by atoms with E-state index in [1.807, 2.05) is 18.2 Å². The number of fused-ring (bicyclic) bond motifs is 3. The quantitative estimate of drug-likeness (QED) is 0.347. The molecule has 2 saturated heterocycles. The second-order valence-electron chi connectivity index (χ2n) is 11.1. The summed E-state index contributed by atoms with van der Waals surface area (Å²) in [6, 6.07) is 23.0. The molecular formula is C32H38F2N4. The summed E-state index contributed by atoms with van der Waals surface area (Å²) >= 11 is 0. The highest BCUT2D eigenvalue weighted by Crippen LogP contribution is 2.48. The van der Waals surface area contributed by atoms with Crippen LogP contribution in [-0.4, -0.2) is 73.1 Å². The molecule has 200 valence electrons. The number of rotatable bonds is 8. The first-order valence-corrected chi connectivity index (χ1v) is 14.2. The average molecular weight is 517 g/mol. The molecule has 6 heteroatoms. The summed E-state index contributed by atoms with van der Waals surface area (Å²) in [6.45, 7) is 9.92. The van der Waals surface area contributed by atoms with Gasteiger partial charge in [0.05, 0.1) is 0 Å². The van der Waals surface area contributed by atoms with Crippen molar-refractivity contribution < 1.29 is 8.78 Å². The number of piperidine rings is 1. The molecule has 0 unspecified atom stereocenters. The summed E-state index contributed by atoms with van der Waals surface area (Å²) in [5.74, 6) is -0.130. The first-order valence-electron chi connectivity index (χ1n) is 14.2. The number of hydrogen-bond acceptors (Lipinski definition) is 4. The smallest absolute Gasteiger partial charge is 0.123 e. The molecule has 3 aliphatic rings. The maximum atomic E-state index is 14.3. The lowest BCUT2D eigenvalue weighted by Gasteiger charge is -2.39. The Kier molecular flexibility index (Phi) is 7.72. The Morgan fingerprint density at radius 3 is 2.13 bits per heavy atom. The lowest BCUT2D eigenvalue weighted by atomic mass is 9.89. The number of benzene rings is 3. The van der Waals surface area contributed by atoms with Crippen LogP contribution < -0.4 is 4.90 Å². The van der Waals surface area contributed by atoms with Gasteiger partial charge in [-0.25, -0.2) is 8.78 Å². The van der Waals surface area contributed by atoms with E-state index in [-0.39, 0.29) is 17.6 Å². The molecule has 0 bridgehead atoms. The van der Waals surface area contributed by atoms with Gasteiger partial charge in [0, 0.05) is 69.1 Å². The number of likely N-dealkylation sites (tertiary alicyclic amines) is 1. The van der Waals surface area contributed by atoms with Crippen LogP contribution in [0.5, 0.6) is 0 Å². The highest BCUT2D eigenvalue weighted by atomic mass is 19.1. The Hall–Kier alpha value is -2.80. The molecule has 3 aromatic rings. The van der Waals surface area contributed by atoms with Crippen LogP contribution in [0.25, 0.3) is 0 Å². The van der Waals surface area contributed by atoms with Crippen molar-refractivity contribution in [2.24, 2.45) is 0 Å². The Morgan fingerprint density at radius 1 is 0.684 bits per heavy atom. The molecular weight excluding hydrogens is 478 g/mol. The largest absolute Gasteiger partial charge is 0.337 e. The molecule has 0 N–H and O–H groups in total. The molecule has 0 amide bonds. The molecule has 3 heterocycles. The lowest BCUT2D eigenvalue weighted by Crippen LogP contribution is -2.46. The zero-order valence-electron chi connectivity index (χ0n) is 22.1. The molecule has 0 saturated carbocycles. The molecule has 2 atom stereocenters. The minimum Gasteiger partial charge on any atom is -0.337 e. The highest BCUT2D eigenvalue weighted by molar-refractivity contribution is 5.73. The Balaban J connectivity index is 0.988. The fraction of sp³-hybridized carbons (Fsp3) is 0.438. The third-order valence-corrected chi connectivity index (χ3v) is 8.66. The van der Waals surface area contributed by atoms with E-state index in [1.165, 1.54) is 37.1 Å². The second kappa shape index (κ2) is 11.5. The van der Waals surface area contributed by atoms with Crippen molar-refractivity contribution >= 4 is 11.4 Å². The van der Waals surface area contributed by atoms with Crippen LogP contribution in [0.15, 0.2) is 72.8 Å². The SMILES string of the molecule is Fc1ccc(N2c3ccc(F)cc3[C@@H]3CN(CCCCN4CCN(Cc5ccccc5)CC4)CC[C@H]32)cc1. The fourth-order valence-corrected chi connectivity index (χ4v) is 6.66. The Labute approximate surface area is 225 Å². The lowest BCUT2D eigenvalue weighted by molar-refractivity contribution is 0.123. The highest BCUT2D eigenvalue weighted by Gasteiger charge is 2.42. The standard InChI is InChI=1S/C32H38F2N4/c33-26-8-11-28(12-9-26)38-31-13-10-27(34)22-29(31)30-24-36(17-14-32(30)38)16-5-4-15-35-18-20-37(21-19-35)23-25-6-2-1-3-7-25/h1-3,6-13,22,30,32H,4-5,14-21,23-24H2/t30-,32+/m0/s1. The molecule has 4 nitrogen and oxygen atoms in total. The predicted molar refractivity (Wildman–Crippen MR) is 150 cm³/mol. The molecule has 0 aliphatic carbocycles. The normalized spacial score (nSPS) is 22.4. The van der Waals surface area contributed by atoms with Crippen molar-refractivity contribution in [3.63, 3.8) is 0 Å². The van der Waals surface area contributed by atoms with Gasteiger partial charge in [-0.1, -0.05) is 30.3 Å². The van der Waals surface area contributed by atoms with Gasteiger partial charge in [0.1, 0.15) is 11.6 Å².